The van der Waals surface area contributed by atoms with E-state index in [1.165, 1.54) is 0 Å². The number of nitrogens with zero attached hydrogens (tertiary/aromatic N) is 4. The average Bonchev–Trinajstić information content (AvgIpc) is 2.54. The van der Waals surface area contributed by atoms with Crippen LogP contribution in [0.15, 0.2) is 23.5 Å². The molecule has 21 heavy (non-hydrogen) atoms. The summed E-state index contributed by atoms with van der Waals surface area (Å²) in [4.78, 5) is 8.96. The van der Waals surface area contributed by atoms with Gasteiger partial charge in [0.1, 0.15) is 5.82 Å². The Morgan fingerprint density at radius 1 is 1.24 bits per heavy atom. The lowest BCUT2D eigenvalue weighted by Crippen LogP contribution is -2.32. The molecule has 6 nitrogen and oxygen atoms in total. The molecule has 6 heteroatoms. The van der Waals surface area contributed by atoms with E-state index in [0.29, 0.717) is 5.56 Å². The van der Waals surface area contributed by atoms with E-state index in [0.717, 1.165) is 45.0 Å². The second-order valence-corrected chi connectivity index (χ2v) is 4.82. The minimum atomic E-state index is 0.0975. The summed E-state index contributed by atoms with van der Waals surface area (Å²) in [5, 5.41) is 12.0. The van der Waals surface area contributed by atoms with E-state index >= 15 is 0 Å². The molecular weight excluding hydrogens is 266 g/mol. The topological polar surface area (TPSA) is 78.0 Å². The van der Waals surface area contributed by atoms with Crippen LogP contribution >= 0.6 is 0 Å². The molecule has 0 aliphatic rings. The lowest BCUT2D eigenvalue weighted by Gasteiger charge is -2.25. The van der Waals surface area contributed by atoms with E-state index in [-0.39, 0.29) is 5.84 Å². The Bertz CT molecular complexity index is 445. The number of hydrogen-bond donors (Lipinski definition) is 2. The fraction of sp³-hybridized carbons (Fsp3) is 0.600. The molecule has 1 aromatic heterocycles. The lowest BCUT2D eigenvalue weighted by molar-refractivity contribution is 0.300. The summed E-state index contributed by atoms with van der Waals surface area (Å²) in [6, 6.07) is 3.62. The highest BCUT2D eigenvalue weighted by molar-refractivity contribution is 6.01. The van der Waals surface area contributed by atoms with Crippen molar-refractivity contribution in [3.8, 4) is 0 Å². The van der Waals surface area contributed by atoms with Crippen molar-refractivity contribution in [2.75, 3.05) is 37.6 Å². The number of pyridine rings is 1. The van der Waals surface area contributed by atoms with Gasteiger partial charge >= 0.3 is 0 Å². The first-order valence-corrected chi connectivity index (χ1v) is 7.58. The quantitative estimate of drug-likeness (QED) is 0.314. The summed E-state index contributed by atoms with van der Waals surface area (Å²) in [6.07, 6.45) is 2.79. The lowest BCUT2D eigenvalue weighted by atomic mass is 10.2. The molecule has 0 aliphatic carbocycles. The summed E-state index contributed by atoms with van der Waals surface area (Å²) in [5.41, 5.74) is 6.40. The molecule has 0 aliphatic heterocycles. The maximum absolute atomic E-state index is 8.89. The van der Waals surface area contributed by atoms with Crippen LogP contribution in [0.5, 0.6) is 0 Å². The molecule has 118 valence electrons. The van der Waals surface area contributed by atoms with Gasteiger partial charge in [-0.25, -0.2) is 4.98 Å². The van der Waals surface area contributed by atoms with Crippen molar-refractivity contribution in [3.05, 3.63) is 23.9 Å². The zero-order valence-corrected chi connectivity index (χ0v) is 13.3. The van der Waals surface area contributed by atoms with Gasteiger partial charge in [-0.2, -0.15) is 0 Å². The monoisotopic (exact) mass is 293 g/mol. The average molecular weight is 293 g/mol. The van der Waals surface area contributed by atoms with E-state index in [2.05, 4.69) is 40.7 Å². The molecule has 1 aromatic rings. The van der Waals surface area contributed by atoms with Crippen LogP contribution in [0.2, 0.25) is 0 Å². The number of aromatic nitrogens is 1. The van der Waals surface area contributed by atoms with Crippen LogP contribution < -0.4 is 10.6 Å². The van der Waals surface area contributed by atoms with E-state index in [1.54, 1.807) is 12.3 Å². The Labute approximate surface area is 127 Å². The predicted octanol–water partition coefficient (Wildman–Crippen LogP) is 1.73. The maximum Gasteiger partial charge on any atom is 0.173 e. The van der Waals surface area contributed by atoms with Crippen LogP contribution in [0.1, 0.15) is 32.8 Å². The van der Waals surface area contributed by atoms with Crippen LogP contribution in [0.4, 0.5) is 5.82 Å². The van der Waals surface area contributed by atoms with Gasteiger partial charge < -0.3 is 20.7 Å². The number of anilines is 1. The van der Waals surface area contributed by atoms with Crippen LogP contribution in [0, 0.1) is 0 Å². The van der Waals surface area contributed by atoms with Gasteiger partial charge in [-0.05, 0) is 45.1 Å². The molecule has 0 amide bonds. The second-order valence-electron chi connectivity index (χ2n) is 4.82. The summed E-state index contributed by atoms with van der Waals surface area (Å²) >= 11 is 0. The normalized spacial score (nSPS) is 11.9. The van der Waals surface area contributed by atoms with Crippen molar-refractivity contribution < 1.29 is 5.21 Å². The Hall–Kier alpha value is -1.82. The van der Waals surface area contributed by atoms with Crippen LogP contribution in [0.25, 0.3) is 0 Å². The molecular formula is C15H27N5O. The van der Waals surface area contributed by atoms with Crippen molar-refractivity contribution in [3.63, 3.8) is 0 Å². The van der Waals surface area contributed by atoms with Gasteiger partial charge in [0.25, 0.3) is 0 Å². The molecule has 3 N–H and O–H groups in total. The van der Waals surface area contributed by atoms with Gasteiger partial charge in [0.2, 0.25) is 0 Å². The van der Waals surface area contributed by atoms with Crippen molar-refractivity contribution >= 4 is 11.7 Å². The minimum absolute atomic E-state index is 0.0975. The van der Waals surface area contributed by atoms with Crippen molar-refractivity contribution in [2.45, 2.75) is 27.2 Å². The molecule has 0 radical (unpaired) electrons. The molecule has 0 bridgehead atoms. The highest BCUT2D eigenvalue weighted by Gasteiger charge is 2.14. The molecule has 0 unspecified atom stereocenters. The first-order chi connectivity index (χ1) is 10.2. The zero-order valence-electron chi connectivity index (χ0n) is 13.3. The third-order valence-electron chi connectivity index (χ3n) is 3.65. The van der Waals surface area contributed by atoms with Crippen molar-refractivity contribution in [2.24, 2.45) is 10.9 Å². The van der Waals surface area contributed by atoms with Crippen LogP contribution in [0.3, 0.4) is 0 Å². The highest BCUT2D eigenvalue weighted by atomic mass is 16.4. The molecule has 0 spiro atoms. The molecule has 0 saturated heterocycles. The van der Waals surface area contributed by atoms with Gasteiger partial charge in [0.05, 0.1) is 5.56 Å². The smallest absolute Gasteiger partial charge is 0.173 e. The minimum Gasteiger partial charge on any atom is -0.409 e. The van der Waals surface area contributed by atoms with Crippen molar-refractivity contribution in [1.82, 2.24) is 9.88 Å². The summed E-state index contributed by atoms with van der Waals surface area (Å²) in [5.74, 6) is 0.870. The zero-order chi connectivity index (χ0) is 15.7. The van der Waals surface area contributed by atoms with Crippen LogP contribution in [-0.4, -0.2) is 53.7 Å². The molecule has 1 rings (SSSR count). The first kappa shape index (κ1) is 17.2. The second kappa shape index (κ2) is 9.18. The van der Waals surface area contributed by atoms with E-state index in [4.69, 9.17) is 10.9 Å². The van der Waals surface area contributed by atoms with Crippen molar-refractivity contribution in [1.29, 1.82) is 0 Å². The summed E-state index contributed by atoms with van der Waals surface area (Å²) in [6.45, 7) is 11.4. The summed E-state index contributed by atoms with van der Waals surface area (Å²) in [7, 11) is 0. The Morgan fingerprint density at radius 2 is 1.95 bits per heavy atom. The third kappa shape index (κ3) is 4.90. The fourth-order valence-corrected chi connectivity index (χ4v) is 2.34. The van der Waals surface area contributed by atoms with Gasteiger partial charge in [-0.15, -0.1) is 0 Å². The van der Waals surface area contributed by atoms with Gasteiger partial charge in [-0.1, -0.05) is 19.0 Å². The maximum atomic E-state index is 8.89. The fourth-order valence-electron chi connectivity index (χ4n) is 2.34. The van der Waals surface area contributed by atoms with Gasteiger partial charge in [0, 0.05) is 19.3 Å². The van der Waals surface area contributed by atoms with Gasteiger partial charge in [-0.3, -0.25) is 0 Å². The molecule has 1 heterocycles. The van der Waals surface area contributed by atoms with E-state index in [9.17, 15) is 0 Å². The molecule has 0 saturated carbocycles. The Balaban J connectivity index is 2.77. The number of rotatable bonds is 9. The van der Waals surface area contributed by atoms with E-state index in [1.807, 2.05) is 6.07 Å². The first-order valence-electron chi connectivity index (χ1n) is 7.58. The Kier molecular flexibility index (Phi) is 7.53. The highest BCUT2D eigenvalue weighted by Crippen LogP contribution is 2.17. The Morgan fingerprint density at radius 3 is 2.52 bits per heavy atom. The molecule has 0 atom stereocenters. The number of nitrogens with two attached hydrogens (primary N) is 1. The largest absolute Gasteiger partial charge is 0.409 e. The number of amidine groups is 1. The van der Waals surface area contributed by atoms with E-state index < -0.39 is 0 Å². The SMILES string of the molecule is CCN(CC)CCCN(CC)c1ncccc1/C(N)=N/O. The molecule has 0 aromatic carbocycles. The van der Waals surface area contributed by atoms with Crippen LogP contribution in [-0.2, 0) is 0 Å². The number of oxime groups is 1. The number of hydrogen-bond acceptors (Lipinski definition) is 5. The van der Waals surface area contributed by atoms with Gasteiger partial charge in [0.15, 0.2) is 5.84 Å². The third-order valence-corrected chi connectivity index (χ3v) is 3.65. The molecule has 0 fully saturated rings. The standard InChI is InChI=1S/C15H27N5O/c1-4-19(5-2)11-8-12-20(6-3)15-13(14(16)18-21)9-7-10-17-15/h7,9-10,21H,4-6,8,11-12H2,1-3H3,(H2,16,18). The predicted molar refractivity (Wildman–Crippen MR) is 87.0 cm³/mol. The summed E-state index contributed by atoms with van der Waals surface area (Å²) < 4.78 is 0.